The molecule has 3 nitrogen and oxygen atoms in total. The minimum atomic E-state index is -0.202. The third kappa shape index (κ3) is 5.40. The lowest BCUT2D eigenvalue weighted by molar-refractivity contribution is 0.0948. The van der Waals surface area contributed by atoms with E-state index in [0.29, 0.717) is 28.7 Å². The lowest BCUT2D eigenvalue weighted by Crippen LogP contribution is -2.31. The van der Waals surface area contributed by atoms with Gasteiger partial charge in [0.15, 0.2) is 0 Å². The Bertz CT molecular complexity index is 443. The Morgan fingerprint density at radius 1 is 1.42 bits per heavy atom. The molecule has 0 aliphatic heterocycles. The number of amides is 1. The molecule has 0 bridgehead atoms. The molecule has 1 rings (SSSR count). The van der Waals surface area contributed by atoms with Gasteiger partial charge in [-0.1, -0.05) is 30.1 Å². The third-order valence-electron chi connectivity index (χ3n) is 2.50. The van der Waals surface area contributed by atoms with E-state index in [1.165, 1.54) is 11.8 Å². The largest absolute Gasteiger partial charge is 0.352 e. The fraction of sp³-hybridized carbons (Fsp3) is 0.417. The SMILES string of the molecule is CSc1cc(C(=O)NCC(C)CN)c(Cl)cc1Cl.Cl. The first kappa shape index (κ1) is 18.9. The summed E-state index contributed by atoms with van der Waals surface area (Å²) in [7, 11) is 0. The Morgan fingerprint density at radius 2 is 2.05 bits per heavy atom. The van der Waals surface area contributed by atoms with E-state index in [4.69, 9.17) is 28.9 Å². The number of thioether (sulfide) groups is 1. The van der Waals surface area contributed by atoms with Crippen LogP contribution in [0.5, 0.6) is 0 Å². The predicted molar refractivity (Wildman–Crippen MR) is 86.0 cm³/mol. The number of halogens is 3. The molecule has 0 radical (unpaired) electrons. The molecule has 0 aliphatic rings. The van der Waals surface area contributed by atoms with Crippen LogP contribution in [-0.2, 0) is 0 Å². The molecule has 108 valence electrons. The van der Waals surface area contributed by atoms with E-state index in [-0.39, 0.29) is 24.2 Å². The smallest absolute Gasteiger partial charge is 0.252 e. The van der Waals surface area contributed by atoms with E-state index in [0.717, 1.165) is 4.90 Å². The average Bonchev–Trinajstić information content (AvgIpc) is 2.35. The highest BCUT2D eigenvalue weighted by Gasteiger charge is 2.14. The fourth-order valence-corrected chi connectivity index (χ4v) is 2.50. The van der Waals surface area contributed by atoms with Crippen LogP contribution in [0.4, 0.5) is 0 Å². The van der Waals surface area contributed by atoms with Gasteiger partial charge in [-0.15, -0.1) is 24.2 Å². The minimum absolute atomic E-state index is 0. The first-order valence-electron chi connectivity index (χ1n) is 5.50. The Morgan fingerprint density at radius 3 is 2.58 bits per heavy atom. The lowest BCUT2D eigenvalue weighted by atomic mass is 10.1. The molecule has 1 aromatic rings. The van der Waals surface area contributed by atoms with Crippen LogP contribution >= 0.6 is 47.4 Å². The van der Waals surface area contributed by atoms with Gasteiger partial charge in [0.05, 0.1) is 15.6 Å². The maximum absolute atomic E-state index is 12.0. The Labute approximate surface area is 134 Å². The molecule has 1 aromatic carbocycles. The van der Waals surface area contributed by atoms with Gasteiger partial charge in [-0.25, -0.2) is 0 Å². The van der Waals surface area contributed by atoms with Crippen molar-refractivity contribution in [3.05, 3.63) is 27.7 Å². The summed E-state index contributed by atoms with van der Waals surface area (Å²) in [5, 5.41) is 3.72. The van der Waals surface area contributed by atoms with Gasteiger partial charge < -0.3 is 11.1 Å². The molecule has 19 heavy (non-hydrogen) atoms. The van der Waals surface area contributed by atoms with Crippen molar-refractivity contribution in [1.82, 2.24) is 5.32 Å². The van der Waals surface area contributed by atoms with Crippen molar-refractivity contribution >= 4 is 53.3 Å². The van der Waals surface area contributed by atoms with Gasteiger partial charge in [-0.05, 0) is 30.9 Å². The number of carbonyl (C=O) groups excluding carboxylic acids is 1. The second kappa shape index (κ2) is 8.93. The van der Waals surface area contributed by atoms with Crippen molar-refractivity contribution in [2.24, 2.45) is 11.7 Å². The molecule has 7 heteroatoms. The summed E-state index contributed by atoms with van der Waals surface area (Å²) < 4.78 is 0. The van der Waals surface area contributed by atoms with Crippen molar-refractivity contribution in [3.8, 4) is 0 Å². The van der Waals surface area contributed by atoms with Crippen molar-refractivity contribution in [3.63, 3.8) is 0 Å². The first-order valence-corrected chi connectivity index (χ1v) is 7.49. The number of rotatable bonds is 5. The highest BCUT2D eigenvalue weighted by atomic mass is 35.5. The van der Waals surface area contributed by atoms with Crippen LogP contribution in [0.1, 0.15) is 17.3 Å². The first-order chi connectivity index (χ1) is 8.49. The van der Waals surface area contributed by atoms with Gasteiger partial charge in [-0.3, -0.25) is 4.79 Å². The molecule has 1 unspecified atom stereocenters. The van der Waals surface area contributed by atoms with E-state index in [2.05, 4.69) is 5.32 Å². The van der Waals surface area contributed by atoms with E-state index >= 15 is 0 Å². The maximum Gasteiger partial charge on any atom is 0.252 e. The molecule has 3 N–H and O–H groups in total. The van der Waals surface area contributed by atoms with Gasteiger partial charge in [0.2, 0.25) is 0 Å². The van der Waals surface area contributed by atoms with Crippen LogP contribution in [-0.4, -0.2) is 25.3 Å². The van der Waals surface area contributed by atoms with Gasteiger partial charge in [-0.2, -0.15) is 0 Å². The molecule has 0 saturated carbocycles. The van der Waals surface area contributed by atoms with E-state index in [1.54, 1.807) is 12.1 Å². The van der Waals surface area contributed by atoms with Crippen LogP contribution in [0.2, 0.25) is 10.0 Å². The quantitative estimate of drug-likeness (QED) is 0.805. The van der Waals surface area contributed by atoms with Gasteiger partial charge in [0, 0.05) is 11.4 Å². The summed E-state index contributed by atoms with van der Waals surface area (Å²) >= 11 is 13.5. The predicted octanol–water partition coefficient (Wildman–Crippen LogP) is 3.46. The molecule has 0 aliphatic carbocycles. The van der Waals surface area contributed by atoms with E-state index in [1.807, 2.05) is 13.2 Å². The van der Waals surface area contributed by atoms with Gasteiger partial charge in [0.25, 0.3) is 5.91 Å². The Hall–Kier alpha value is -0.130. The van der Waals surface area contributed by atoms with Crippen LogP contribution in [0.15, 0.2) is 17.0 Å². The topological polar surface area (TPSA) is 55.1 Å². The average molecular weight is 344 g/mol. The summed E-state index contributed by atoms with van der Waals surface area (Å²) in [5.41, 5.74) is 5.93. The van der Waals surface area contributed by atoms with Crippen LogP contribution in [0.3, 0.4) is 0 Å². The van der Waals surface area contributed by atoms with Crippen LogP contribution < -0.4 is 11.1 Å². The van der Waals surface area contributed by atoms with E-state index in [9.17, 15) is 4.79 Å². The van der Waals surface area contributed by atoms with Crippen molar-refractivity contribution < 1.29 is 4.79 Å². The third-order valence-corrected chi connectivity index (χ3v) is 4.01. The highest BCUT2D eigenvalue weighted by Crippen LogP contribution is 2.31. The molecular weight excluding hydrogens is 327 g/mol. The number of nitrogens with two attached hydrogens (primary N) is 1. The number of benzene rings is 1. The summed E-state index contributed by atoms with van der Waals surface area (Å²) in [6.07, 6.45) is 1.90. The molecule has 0 saturated heterocycles. The normalized spacial score (nSPS) is 11.6. The number of hydrogen-bond acceptors (Lipinski definition) is 3. The van der Waals surface area contributed by atoms with Crippen molar-refractivity contribution in [2.45, 2.75) is 11.8 Å². The summed E-state index contributed by atoms with van der Waals surface area (Å²) in [6, 6.07) is 3.30. The monoisotopic (exact) mass is 342 g/mol. The molecule has 0 fully saturated rings. The molecule has 0 aromatic heterocycles. The Balaban J connectivity index is 0.00000324. The fourth-order valence-electron chi connectivity index (χ4n) is 1.31. The molecular formula is C12H17Cl3N2OS. The number of nitrogens with one attached hydrogen (secondary N) is 1. The zero-order chi connectivity index (χ0) is 13.7. The second-order valence-electron chi connectivity index (χ2n) is 4.02. The molecule has 1 amide bonds. The number of carbonyl (C=O) groups is 1. The van der Waals surface area contributed by atoms with Gasteiger partial charge >= 0.3 is 0 Å². The lowest BCUT2D eigenvalue weighted by Gasteiger charge is -2.12. The zero-order valence-corrected chi connectivity index (χ0v) is 13.8. The minimum Gasteiger partial charge on any atom is -0.352 e. The maximum atomic E-state index is 12.0. The van der Waals surface area contributed by atoms with E-state index < -0.39 is 0 Å². The Kier molecular flexibility index (Phi) is 8.86. The van der Waals surface area contributed by atoms with Crippen molar-refractivity contribution in [1.29, 1.82) is 0 Å². The summed E-state index contributed by atoms with van der Waals surface area (Å²) in [6.45, 7) is 3.03. The zero-order valence-electron chi connectivity index (χ0n) is 10.7. The number of hydrogen-bond donors (Lipinski definition) is 2. The standard InChI is InChI=1S/C12H16Cl2N2OS.ClH/c1-7(5-15)6-16-12(17)8-3-11(18-2)10(14)4-9(8)13;/h3-4,7H,5-6,15H2,1-2H3,(H,16,17);1H. The molecule has 0 heterocycles. The van der Waals surface area contributed by atoms with Crippen LogP contribution in [0, 0.1) is 5.92 Å². The molecule has 0 spiro atoms. The highest BCUT2D eigenvalue weighted by molar-refractivity contribution is 7.98. The summed E-state index contributed by atoms with van der Waals surface area (Å²) in [4.78, 5) is 12.8. The van der Waals surface area contributed by atoms with Gasteiger partial charge in [0.1, 0.15) is 0 Å². The molecule has 1 atom stereocenters. The van der Waals surface area contributed by atoms with Crippen LogP contribution in [0.25, 0.3) is 0 Å². The second-order valence-corrected chi connectivity index (χ2v) is 5.68. The van der Waals surface area contributed by atoms with Crippen molar-refractivity contribution in [2.75, 3.05) is 19.3 Å². The summed E-state index contributed by atoms with van der Waals surface area (Å²) in [5.74, 6) is 0.0345.